The zero-order chi connectivity index (χ0) is 24.3. The van der Waals surface area contributed by atoms with E-state index in [4.69, 9.17) is 13.9 Å². The predicted molar refractivity (Wildman–Crippen MR) is 131 cm³/mol. The summed E-state index contributed by atoms with van der Waals surface area (Å²) in [5, 5.41) is 0. The van der Waals surface area contributed by atoms with E-state index >= 15 is 0 Å². The van der Waals surface area contributed by atoms with E-state index in [-0.39, 0.29) is 30.5 Å². The molecule has 0 N–H and O–H groups in total. The number of carbonyl (C=O) groups excluding carboxylic acids is 2. The van der Waals surface area contributed by atoms with Crippen LogP contribution in [0.15, 0.2) is 47.1 Å². The van der Waals surface area contributed by atoms with Crippen molar-refractivity contribution in [1.82, 2.24) is 9.80 Å². The number of hydrogen-bond acceptors (Lipinski definition) is 5. The van der Waals surface area contributed by atoms with Crippen molar-refractivity contribution in [2.45, 2.75) is 71.6 Å². The molecule has 2 heterocycles. The van der Waals surface area contributed by atoms with Crippen LogP contribution in [0.2, 0.25) is 0 Å². The van der Waals surface area contributed by atoms with Crippen LogP contribution in [0.5, 0.6) is 5.75 Å². The lowest BCUT2D eigenvalue weighted by Crippen LogP contribution is -2.47. The molecule has 3 rings (SSSR count). The van der Waals surface area contributed by atoms with E-state index in [0.717, 1.165) is 44.5 Å². The fourth-order valence-electron chi connectivity index (χ4n) is 3.97. The zero-order valence-electron chi connectivity index (χ0n) is 20.7. The minimum absolute atomic E-state index is 0.00994. The molecule has 34 heavy (non-hydrogen) atoms. The Morgan fingerprint density at radius 3 is 2.59 bits per heavy atom. The van der Waals surface area contributed by atoms with E-state index in [1.54, 1.807) is 28.2 Å². The first-order valence-electron chi connectivity index (χ1n) is 12.5. The minimum Gasteiger partial charge on any atom is -0.494 e. The molecule has 0 saturated carbocycles. The molecule has 2 aromatic rings. The molecule has 7 heteroatoms. The first-order chi connectivity index (χ1) is 16.5. The molecule has 7 nitrogen and oxygen atoms in total. The van der Waals surface area contributed by atoms with Gasteiger partial charge in [0, 0.05) is 24.8 Å². The van der Waals surface area contributed by atoms with Gasteiger partial charge < -0.3 is 23.7 Å². The molecule has 1 fully saturated rings. The SMILES string of the molecule is CCCCOc1ccc(C(=O)N(CC(=O)N(Cc2ccco2)CC2CCCO2)C(C)CC)cc1. The lowest BCUT2D eigenvalue weighted by Gasteiger charge is -2.32. The maximum Gasteiger partial charge on any atom is 0.254 e. The van der Waals surface area contributed by atoms with Gasteiger partial charge in [0.25, 0.3) is 5.91 Å². The van der Waals surface area contributed by atoms with Gasteiger partial charge in [-0.1, -0.05) is 20.3 Å². The van der Waals surface area contributed by atoms with Crippen molar-refractivity contribution in [3.63, 3.8) is 0 Å². The fourth-order valence-corrected chi connectivity index (χ4v) is 3.97. The number of ether oxygens (including phenoxy) is 2. The summed E-state index contributed by atoms with van der Waals surface area (Å²) in [6, 6.07) is 10.8. The van der Waals surface area contributed by atoms with Gasteiger partial charge in [0.15, 0.2) is 0 Å². The molecule has 0 bridgehead atoms. The molecular formula is C27H38N2O5. The number of amides is 2. The normalized spacial score (nSPS) is 16.3. The average molecular weight is 471 g/mol. The highest BCUT2D eigenvalue weighted by molar-refractivity contribution is 5.96. The molecule has 0 aliphatic carbocycles. The van der Waals surface area contributed by atoms with E-state index < -0.39 is 0 Å². The van der Waals surface area contributed by atoms with E-state index in [1.165, 1.54) is 0 Å². The second kappa shape index (κ2) is 13.2. The number of unbranched alkanes of at least 4 members (excludes halogenated alkanes) is 1. The number of hydrogen-bond donors (Lipinski definition) is 0. The number of rotatable bonds is 13. The average Bonchev–Trinajstić information content (AvgIpc) is 3.56. The quantitative estimate of drug-likeness (QED) is 0.389. The minimum atomic E-state index is -0.155. The van der Waals surface area contributed by atoms with E-state index in [2.05, 4.69) is 6.92 Å². The van der Waals surface area contributed by atoms with Gasteiger partial charge >= 0.3 is 0 Å². The summed E-state index contributed by atoms with van der Waals surface area (Å²) in [5.41, 5.74) is 0.549. The summed E-state index contributed by atoms with van der Waals surface area (Å²) in [4.78, 5) is 30.3. The van der Waals surface area contributed by atoms with Gasteiger partial charge in [0.1, 0.15) is 18.1 Å². The maximum absolute atomic E-state index is 13.4. The molecule has 1 aliphatic rings. The third-order valence-electron chi connectivity index (χ3n) is 6.28. The van der Waals surface area contributed by atoms with Crippen LogP contribution in [-0.2, 0) is 16.1 Å². The molecule has 1 aromatic heterocycles. The molecule has 1 aliphatic heterocycles. The number of carbonyl (C=O) groups is 2. The number of furan rings is 1. The summed E-state index contributed by atoms with van der Waals surface area (Å²) in [6.07, 6.45) is 6.37. The topological polar surface area (TPSA) is 72.2 Å². The predicted octanol–water partition coefficient (Wildman–Crippen LogP) is 4.91. The van der Waals surface area contributed by atoms with Crippen molar-refractivity contribution in [2.24, 2.45) is 0 Å². The number of nitrogens with zero attached hydrogens (tertiary/aromatic N) is 2. The Bertz CT molecular complexity index is 875. The molecule has 2 atom stereocenters. The highest BCUT2D eigenvalue weighted by Gasteiger charge is 2.28. The summed E-state index contributed by atoms with van der Waals surface area (Å²) < 4.78 is 17.0. The monoisotopic (exact) mass is 470 g/mol. The smallest absolute Gasteiger partial charge is 0.254 e. The Balaban J connectivity index is 1.71. The van der Waals surface area contributed by atoms with Crippen molar-refractivity contribution in [2.75, 3.05) is 26.3 Å². The zero-order valence-corrected chi connectivity index (χ0v) is 20.7. The van der Waals surface area contributed by atoms with Gasteiger partial charge in [-0.3, -0.25) is 9.59 Å². The molecule has 0 radical (unpaired) electrons. The van der Waals surface area contributed by atoms with Gasteiger partial charge in [-0.15, -0.1) is 0 Å². The molecule has 0 spiro atoms. The Hall–Kier alpha value is -2.80. The summed E-state index contributed by atoms with van der Waals surface area (Å²) in [5.74, 6) is 1.20. The summed E-state index contributed by atoms with van der Waals surface area (Å²) in [7, 11) is 0. The van der Waals surface area contributed by atoms with Crippen molar-refractivity contribution in [3.05, 3.63) is 54.0 Å². The second-order valence-electron chi connectivity index (χ2n) is 8.91. The van der Waals surface area contributed by atoms with Gasteiger partial charge in [-0.2, -0.15) is 0 Å². The third kappa shape index (κ3) is 7.35. The molecule has 1 saturated heterocycles. The van der Waals surface area contributed by atoms with Crippen LogP contribution in [0.3, 0.4) is 0 Å². The van der Waals surface area contributed by atoms with Gasteiger partial charge in [-0.25, -0.2) is 0 Å². The molecule has 2 amide bonds. The number of benzene rings is 1. The van der Waals surface area contributed by atoms with Crippen molar-refractivity contribution in [1.29, 1.82) is 0 Å². The van der Waals surface area contributed by atoms with Crippen LogP contribution in [0, 0.1) is 0 Å². The Morgan fingerprint density at radius 1 is 1.18 bits per heavy atom. The van der Waals surface area contributed by atoms with E-state index in [9.17, 15) is 9.59 Å². The second-order valence-corrected chi connectivity index (χ2v) is 8.91. The molecule has 1 aromatic carbocycles. The standard InChI is InChI=1S/C27H38N2O5/c1-4-6-15-32-23-13-11-22(12-14-23)27(31)29(21(3)5-2)20-26(30)28(18-24-9-7-16-33-24)19-25-10-8-17-34-25/h7,9,11-14,16,21,25H,4-6,8,10,15,17-20H2,1-3H3. The Labute approximate surface area is 203 Å². The van der Waals surface area contributed by atoms with Crippen molar-refractivity contribution < 1.29 is 23.5 Å². The molecule has 2 unspecified atom stereocenters. The highest BCUT2D eigenvalue weighted by Crippen LogP contribution is 2.19. The van der Waals surface area contributed by atoms with Gasteiger partial charge in [0.2, 0.25) is 5.91 Å². The Kier molecular flexibility index (Phi) is 10.0. The highest BCUT2D eigenvalue weighted by atomic mass is 16.5. The van der Waals surface area contributed by atoms with Gasteiger partial charge in [-0.05, 0) is 69.0 Å². The summed E-state index contributed by atoms with van der Waals surface area (Å²) >= 11 is 0. The maximum atomic E-state index is 13.4. The molecular weight excluding hydrogens is 432 g/mol. The van der Waals surface area contributed by atoms with Crippen LogP contribution in [0.1, 0.15) is 69.0 Å². The lowest BCUT2D eigenvalue weighted by molar-refractivity contribution is -0.134. The lowest BCUT2D eigenvalue weighted by atomic mass is 10.1. The van der Waals surface area contributed by atoms with E-state index in [0.29, 0.717) is 31.0 Å². The van der Waals surface area contributed by atoms with Crippen molar-refractivity contribution >= 4 is 11.8 Å². The fraction of sp³-hybridized carbons (Fsp3) is 0.556. The largest absolute Gasteiger partial charge is 0.494 e. The van der Waals surface area contributed by atoms with Gasteiger partial charge in [0.05, 0.1) is 25.5 Å². The van der Waals surface area contributed by atoms with Crippen LogP contribution >= 0.6 is 0 Å². The van der Waals surface area contributed by atoms with Crippen LogP contribution < -0.4 is 4.74 Å². The molecule has 186 valence electrons. The first kappa shape index (κ1) is 25.8. The Morgan fingerprint density at radius 2 is 1.97 bits per heavy atom. The van der Waals surface area contributed by atoms with Crippen LogP contribution in [0.25, 0.3) is 0 Å². The van der Waals surface area contributed by atoms with Crippen molar-refractivity contribution in [3.8, 4) is 5.75 Å². The summed E-state index contributed by atoms with van der Waals surface area (Å²) in [6.45, 7) is 8.36. The van der Waals surface area contributed by atoms with Crippen LogP contribution in [0.4, 0.5) is 0 Å². The van der Waals surface area contributed by atoms with Crippen LogP contribution in [-0.4, -0.2) is 60.1 Å². The third-order valence-corrected chi connectivity index (χ3v) is 6.28. The van der Waals surface area contributed by atoms with E-state index in [1.807, 2.05) is 38.1 Å². The first-order valence-corrected chi connectivity index (χ1v) is 12.5.